The maximum absolute atomic E-state index is 13.2. The van der Waals surface area contributed by atoms with E-state index in [2.05, 4.69) is 10.3 Å². The van der Waals surface area contributed by atoms with E-state index in [0.29, 0.717) is 27.5 Å². The lowest BCUT2D eigenvalue weighted by atomic mass is 10.0. The van der Waals surface area contributed by atoms with Crippen molar-refractivity contribution in [3.63, 3.8) is 0 Å². The van der Waals surface area contributed by atoms with Gasteiger partial charge in [-0.1, -0.05) is 42.8 Å². The Kier molecular flexibility index (Phi) is 6.98. The Morgan fingerprint density at radius 1 is 1.11 bits per heavy atom. The Hall–Kier alpha value is -3.97. The highest BCUT2D eigenvalue weighted by Crippen LogP contribution is 2.27. The Balaban J connectivity index is 1.72. The number of benzene rings is 2. The molecule has 7 nitrogen and oxygen atoms in total. The number of methoxy groups -OCH3 is 1. The average Bonchev–Trinajstić information content (AvgIpc) is 2.85. The van der Waals surface area contributed by atoms with Crippen molar-refractivity contribution in [2.75, 3.05) is 12.4 Å². The van der Waals surface area contributed by atoms with Gasteiger partial charge in [-0.05, 0) is 48.7 Å². The SMILES string of the molecule is CCc1ccc(C(=O)c2cn(CC(=O)Nc3ccc(OC)c(Cl)c3)c3cc(C)cnc3c2=O)cc1. The molecule has 0 atom stereocenters. The normalized spacial score (nSPS) is 10.9. The summed E-state index contributed by atoms with van der Waals surface area (Å²) in [6.45, 7) is 3.73. The van der Waals surface area contributed by atoms with Gasteiger partial charge >= 0.3 is 0 Å². The fourth-order valence-corrected chi connectivity index (χ4v) is 4.06. The van der Waals surface area contributed by atoms with Gasteiger partial charge < -0.3 is 14.6 Å². The first kappa shape index (κ1) is 24.2. The molecule has 0 saturated heterocycles. The molecule has 1 N–H and O–H groups in total. The van der Waals surface area contributed by atoms with E-state index in [0.717, 1.165) is 17.5 Å². The molecule has 2 heterocycles. The van der Waals surface area contributed by atoms with Crippen LogP contribution < -0.4 is 15.5 Å². The van der Waals surface area contributed by atoms with E-state index in [1.54, 1.807) is 47.2 Å². The van der Waals surface area contributed by atoms with Gasteiger partial charge in [-0.2, -0.15) is 0 Å². The van der Waals surface area contributed by atoms with Crippen molar-refractivity contribution >= 4 is 40.0 Å². The molecule has 35 heavy (non-hydrogen) atoms. The van der Waals surface area contributed by atoms with Crippen LogP contribution in [-0.2, 0) is 17.8 Å². The number of hydrogen-bond acceptors (Lipinski definition) is 5. The monoisotopic (exact) mass is 489 g/mol. The van der Waals surface area contributed by atoms with Gasteiger partial charge in [0.2, 0.25) is 11.3 Å². The summed E-state index contributed by atoms with van der Waals surface area (Å²) in [7, 11) is 1.51. The minimum absolute atomic E-state index is 0.0432. The van der Waals surface area contributed by atoms with Crippen LogP contribution in [0.5, 0.6) is 5.75 Å². The molecule has 0 radical (unpaired) electrons. The van der Waals surface area contributed by atoms with Crippen LogP contribution in [0.2, 0.25) is 5.02 Å². The first-order chi connectivity index (χ1) is 16.8. The Morgan fingerprint density at radius 2 is 1.86 bits per heavy atom. The lowest BCUT2D eigenvalue weighted by molar-refractivity contribution is -0.116. The number of ketones is 1. The maximum Gasteiger partial charge on any atom is 0.244 e. The minimum Gasteiger partial charge on any atom is -0.495 e. The van der Waals surface area contributed by atoms with Crippen molar-refractivity contribution < 1.29 is 14.3 Å². The Bertz CT molecular complexity index is 1490. The second kappa shape index (κ2) is 10.1. The number of carbonyl (C=O) groups excluding carboxylic acids is 2. The molecule has 0 bridgehead atoms. The number of nitrogens with zero attached hydrogens (tertiary/aromatic N) is 2. The van der Waals surface area contributed by atoms with Crippen LogP contribution in [-0.4, -0.2) is 28.4 Å². The van der Waals surface area contributed by atoms with Gasteiger partial charge in [-0.25, -0.2) is 0 Å². The number of aryl methyl sites for hydroxylation is 2. The number of hydrogen-bond donors (Lipinski definition) is 1. The van der Waals surface area contributed by atoms with Gasteiger partial charge in [0, 0.05) is 23.6 Å². The molecule has 4 rings (SSSR count). The molecule has 8 heteroatoms. The fraction of sp³-hybridized carbons (Fsp3) is 0.185. The van der Waals surface area contributed by atoms with E-state index < -0.39 is 11.2 Å². The molecule has 0 spiro atoms. The third kappa shape index (κ3) is 5.10. The zero-order valence-corrected chi connectivity index (χ0v) is 20.3. The number of fused-ring (bicyclic) bond motifs is 1. The summed E-state index contributed by atoms with van der Waals surface area (Å²) in [5.41, 5.74) is 2.89. The van der Waals surface area contributed by atoms with E-state index in [9.17, 15) is 14.4 Å². The Labute approximate surface area is 207 Å². The number of carbonyl (C=O) groups is 2. The lowest BCUT2D eigenvalue weighted by Crippen LogP contribution is -2.24. The number of aromatic nitrogens is 2. The predicted octanol–water partition coefficient (Wildman–Crippen LogP) is 4.80. The topological polar surface area (TPSA) is 90.3 Å². The van der Waals surface area contributed by atoms with Crippen LogP contribution in [0.4, 0.5) is 5.69 Å². The molecule has 0 fully saturated rings. The molecule has 178 valence electrons. The number of pyridine rings is 2. The zero-order valence-electron chi connectivity index (χ0n) is 19.6. The number of anilines is 1. The number of rotatable bonds is 7. The van der Waals surface area contributed by atoms with Crippen molar-refractivity contribution in [1.82, 2.24) is 9.55 Å². The fourth-order valence-electron chi connectivity index (χ4n) is 3.80. The van der Waals surface area contributed by atoms with Crippen molar-refractivity contribution in [1.29, 1.82) is 0 Å². The molecule has 0 unspecified atom stereocenters. The number of nitrogens with one attached hydrogen (secondary N) is 1. The van der Waals surface area contributed by atoms with Crippen LogP contribution in [0.1, 0.15) is 34.0 Å². The number of halogens is 1. The smallest absolute Gasteiger partial charge is 0.244 e. The van der Waals surface area contributed by atoms with Crippen LogP contribution in [0, 0.1) is 6.92 Å². The average molecular weight is 490 g/mol. The van der Waals surface area contributed by atoms with Crippen LogP contribution in [0.15, 0.2) is 65.7 Å². The van der Waals surface area contributed by atoms with E-state index in [1.165, 1.54) is 13.3 Å². The second-order valence-corrected chi connectivity index (χ2v) is 8.56. The number of ether oxygens (including phenoxy) is 1. The van der Waals surface area contributed by atoms with Gasteiger partial charge in [-0.15, -0.1) is 0 Å². The summed E-state index contributed by atoms with van der Waals surface area (Å²) in [6, 6.07) is 13.8. The molecule has 0 aliphatic rings. The van der Waals surface area contributed by atoms with Crippen LogP contribution in [0.25, 0.3) is 11.0 Å². The van der Waals surface area contributed by atoms with E-state index >= 15 is 0 Å². The van der Waals surface area contributed by atoms with Gasteiger partial charge in [0.1, 0.15) is 17.8 Å². The molecule has 0 aliphatic heterocycles. The lowest BCUT2D eigenvalue weighted by Gasteiger charge is -2.14. The van der Waals surface area contributed by atoms with Gasteiger partial charge in [0.15, 0.2) is 5.78 Å². The van der Waals surface area contributed by atoms with Crippen molar-refractivity contribution in [2.45, 2.75) is 26.8 Å². The molecular formula is C27H24ClN3O4. The summed E-state index contributed by atoms with van der Waals surface area (Å²) in [6.07, 6.45) is 3.84. The van der Waals surface area contributed by atoms with E-state index in [1.807, 2.05) is 26.0 Å². The van der Waals surface area contributed by atoms with Crippen LogP contribution >= 0.6 is 11.6 Å². The largest absolute Gasteiger partial charge is 0.495 e. The van der Waals surface area contributed by atoms with Gasteiger partial charge in [-0.3, -0.25) is 19.4 Å². The molecule has 0 aliphatic carbocycles. The summed E-state index contributed by atoms with van der Waals surface area (Å²) in [5.74, 6) is -0.283. The van der Waals surface area contributed by atoms with Gasteiger partial charge in [0.05, 0.1) is 23.2 Å². The molecule has 2 aromatic carbocycles. The van der Waals surface area contributed by atoms with Crippen molar-refractivity contribution in [3.05, 3.63) is 98.4 Å². The van der Waals surface area contributed by atoms with Crippen molar-refractivity contribution in [2.24, 2.45) is 0 Å². The van der Waals surface area contributed by atoms with Crippen molar-refractivity contribution in [3.8, 4) is 5.75 Å². The highest BCUT2D eigenvalue weighted by Gasteiger charge is 2.19. The highest BCUT2D eigenvalue weighted by atomic mass is 35.5. The first-order valence-electron chi connectivity index (χ1n) is 11.1. The first-order valence-corrected chi connectivity index (χ1v) is 11.4. The van der Waals surface area contributed by atoms with Crippen LogP contribution in [0.3, 0.4) is 0 Å². The zero-order chi connectivity index (χ0) is 25.1. The molecule has 4 aromatic rings. The summed E-state index contributed by atoms with van der Waals surface area (Å²) in [4.78, 5) is 43.6. The van der Waals surface area contributed by atoms with Gasteiger partial charge in [0.25, 0.3) is 0 Å². The molecule has 0 saturated carbocycles. The van der Waals surface area contributed by atoms with E-state index in [4.69, 9.17) is 16.3 Å². The maximum atomic E-state index is 13.2. The summed E-state index contributed by atoms with van der Waals surface area (Å²) < 4.78 is 6.71. The summed E-state index contributed by atoms with van der Waals surface area (Å²) >= 11 is 6.16. The quantitative estimate of drug-likeness (QED) is 0.377. The molecular weight excluding hydrogens is 466 g/mol. The molecule has 1 amide bonds. The predicted molar refractivity (Wildman–Crippen MR) is 137 cm³/mol. The highest BCUT2D eigenvalue weighted by molar-refractivity contribution is 6.32. The summed E-state index contributed by atoms with van der Waals surface area (Å²) in [5, 5.41) is 3.15. The third-order valence-corrected chi connectivity index (χ3v) is 5.97. The standard InChI is InChI=1S/C27H24ClN3O4/c1-4-17-5-7-18(8-6-17)26(33)20-14-31(22-11-16(2)13-29-25(22)27(20)34)15-24(32)30-19-9-10-23(35-3)21(28)12-19/h5-14H,4,15H2,1-3H3,(H,30,32). The Morgan fingerprint density at radius 3 is 2.51 bits per heavy atom. The number of amides is 1. The second-order valence-electron chi connectivity index (χ2n) is 8.16. The van der Waals surface area contributed by atoms with E-state index in [-0.39, 0.29) is 23.5 Å². The molecule has 2 aromatic heterocycles. The minimum atomic E-state index is -0.469. The third-order valence-electron chi connectivity index (χ3n) is 5.68.